The van der Waals surface area contributed by atoms with Gasteiger partial charge in [0, 0.05) is 38.0 Å². The van der Waals surface area contributed by atoms with E-state index in [1.165, 1.54) is 26.2 Å². The molecular weight excluding hydrogens is 959 g/mol. The van der Waals surface area contributed by atoms with Crippen LogP contribution in [-0.2, 0) is 31.1 Å². The van der Waals surface area contributed by atoms with E-state index in [2.05, 4.69) is 34.2 Å². The fourth-order valence-electron chi connectivity index (χ4n) is 5.94. The summed E-state index contributed by atoms with van der Waals surface area (Å²) in [5.74, 6) is -4.54. The monoisotopic (exact) mass is 990 g/mol. The van der Waals surface area contributed by atoms with E-state index in [1.54, 1.807) is 24.3 Å². The third-order valence-electron chi connectivity index (χ3n) is 8.51. The second kappa shape index (κ2) is 16.7. The minimum Gasteiger partial charge on any atom is 0 e. The number of hydrogen-bond acceptors (Lipinski definition) is 4. The van der Waals surface area contributed by atoms with Crippen LogP contribution in [0.2, 0.25) is 0 Å². The summed E-state index contributed by atoms with van der Waals surface area (Å²) in [5.41, 5.74) is -0.248. The molecule has 2 atom stereocenters. The summed E-state index contributed by atoms with van der Waals surface area (Å²) in [6.45, 7) is 2.75. The van der Waals surface area contributed by atoms with Gasteiger partial charge in [-0.15, -0.1) is 0 Å². The SMILES string of the molecule is CCC(CC(F)(F)F)C(=O)/C=C(\O)C(CC)CC(F)(F)F.FC(F)(F)c1c2ccccc2cc2c(-c3[c-]c4cc5ccccc5cc4[se]3)ncnc12.[Ir]. The third-order valence-corrected chi connectivity index (χ3v) is 10.7. The van der Waals surface area contributed by atoms with Gasteiger partial charge in [-0.1, -0.05) is 13.8 Å². The molecule has 6 aromatic rings. The molecule has 0 amide bonds. The Hall–Kier alpha value is -3.77. The summed E-state index contributed by atoms with van der Waals surface area (Å²) in [6, 6.07) is 24.0. The van der Waals surface area contributed by atoms with Crippen molar-refractivity contribution in [2.75, 3.05) is 0 Å². The maximum Gasteiger partial charge on any atom is 0 e. The molecule has 6 rings (SSSR count). The van der Waals surface area contributed by atoms with Crippen molar-refractivity contribution >= 4 is 62.4 Å². The fraction of sp³-hybridized carbons (Fsp3) is 0.289. The Labute approximate surface area is 317 Å². The standard InChI is InChI=1S/C25H12F3N2Se.C13H18F6O2.Ir/c26-25(27,28)22-18-8-4-3-7-16(18)10-19-23(29-13-30-24(19)22)21-12-17-9-14-5-1-2-6-15(14)11-20(17)31-21;1-3-8(6-12(14,15)16)10(20)5-11(21)9(4-2)7-13(17,18)19;/h1-11,13H;5,8-9,20H,3-4,6-7H2,1-2H3;/q-1;;/b;10-5-;. The van der Waals surface area contributed by atoms with Gasteiger partial charge in [-0.25, -0.2) is 0 Å². The molecule has 1 N–H and O–H groups in total. The molecule has 4 aromatic carbocycles. The number of alkyl halides is 9. The average molecular weight is 989 g/mol. The van der Waals surface area contributed by atoms with E-state index in [0.29, 0.717) is 22.5 Å². The molecule has 2 aromatic heterocycles. The minimum atomic E-state index is -4.55. The van der Waals surface area contributed by atoms with Gasteiger partial charge in [0.2, 0.25) is 0 Å². The maximum absolute atomic E-state index is 14.1. The van der Waals surface area contributed by atoms with Crippen LogP contribution in [0.5, 0.6) is 0 Å². The van der Waals surface area contributed by atoms with Crippen molar-refractivity contribution < 1.29 is 69.5 Å². The number of rotatable bonds is 8. The average Bonchev–Trinajstić information content (AvgIpc) is 3.48. The number of hydrogen-bond donors (Lipinski definition) is 1. The van der Waals surface area contributed by atoms with Crippen molar-refractivity contribution in [2.45, 2.75) is 58.1 Å². The molecule has 0 saturated heterocycles. The van der Waals surface area contributed by atoms with Crippen LogP contribution >= 0.6 is 0 Å². The number of aliphatic hydroxyl groups is 1. The van der Waals surface area contributed by atoms with E-state index in [1.807, 2.05) is 18.2 Å². The molecule has 2 heterocycles. The zero-order valence-electron chi connectivity index (χ0n) is 27.9. The van der Waals surface area contributed by atoms with Gasteiger partial charge in [0.25, 0.3) is 0 Å². The first kappa shape index (κ1) is 42.0. The second-order valence-corrected chi connectivity index (χ2v) is 14.4. The molecular formula is C38H30F9IrN2O2Se-. The topological polar surface area (TPSA) is 63.1 Å². The van der Waals surface area contributed by atoms with Crippen molar-refractivity contribution in [3.63, 3.8) is 0 Å². The van der Waals surface area contributed by atoms with E-state index in [9.17, 15) is 49.4 Å². The molecule has 0 spiro atoms. The Bertz CT molecular complexity index is 2210. The molecule has 0 fully saturated rings. The molecule has 15 heteroatoms. The number of halogens is 9. The molecule has 0 bridgehead atoms. The summed E-state index contributed by atoms with van der Waals surface area (Å²) in [5, 5.41) is 13.9. The Morgan fingerprint density at radius 3 is 1.94 bits per heavy atom. The van der Waals surface area contributed by atoms with E-state index in [-0.39, 0.29) is 58.4 Å². The van der Waals surface area contributed by atoms with Crippen LogP contribution in [0, 0.1) is 17.9 Å². The van der Waals surface area contributed by atoms with Gasteiger partial charge in [-0.2, -0.15) is 26.3 Å². The van der Waals surface area contributed by atoms with E-state index in [0.717, 1.165) is 24.9 Å². The first-order valence-electron chi connectivity index (χ1n) is 16.0. The Balaban J connectivity index is 0.000000253. The molecule has 0 aliphatic carbocycles. The van der Waals surface area contributed by atoms with Crippen molar-refractivity contribution in [1.29, 1.82) is 0 Å². The van der Waals surface area contributed by atoms with Crippen LogP contribution in [0.4, 0.5) is 39.5 Å². The largest absolute Gasteiger partial charge is 0 e. The smallest absolute Gasteiger partial charge is 0 e. The van der Waals surface area contributed by atoms with Crippen molar-refractivity contribution in [1.82, 2.24) is 9.97 Å². The predicted octanol–water partition coefficient (Wildman–Crippen LogP) is 11.6. The van der Waals surface area contributed by atoms with Gasteiger partial charge in [0.1, 0.15) is 0 Å². The maximum atomic E-state index is 14.1. The van der Waals surface area contributed by atoms with E-state index >= 15 is 0 Å². The fourth-order valence-corrected chi connectivity index (χ4v) is 8.14. The van der Waals surface area contributed by atoms with Crippen molar-refractivity contribution in [2.24, 2.45) is 11.8 Å². The van der Waals surface area contributed by atoms with Crippen LogP contribution in [-0.4, -0.2) is 47.7 Å². The number of fused-ring (bicyclic) bond motifs is 4. The van der Waals surface area contributed by atoms with E-state index < -0.39 is 60.3 Å². The number of aromatic nitrogens is 2. The zero-order chi connectivity index (χ0) is 38.0. The summed E-state index contributed by atoms with van der Waals surface area (Å²) in [7, 11) is 0. The number of ketones is 1. The number of aliphatic hydroxyl groups excluding tert-OH is 1. The summed E-state index contributed by atoms with van der Waals surface area (Å²) < 4.78 is 118. The minimum absolute atomic E-state index is 0. The Morgan fingerprint density at radius 2 is 1.36 bits per heavy atom. The molecule has 0 aliphatic heterocycles. The number of carbonyl (C=O) groups excluding carboxylic acids is 1. The van der Waals surface area contributed by atoms with Gasteiger partial charge >= 0.3 is 193 Å². The van der Waals surface area contributed by atoms with Gasteiger partial charge in [-0.05, 0) is 12.8 Å². The van der Waals surface area contributed by atoms with Crippen molar-refractivity contribution in [3.05, 3.63) is 96.5 Å². The van der Waals surface area contributed by atoms with Gasteiger partial charge in [0.05, 0.1) is 18.6 Å². The molecule has 1 radical (unpaired) electrons. The molecule has 4 nitrogen and oxygen atoms in total. The Kier molecular flexibility index (Phi) is 13.2. The van der Waals surface area contributed by atoms with E-state index in [4.69, 9.17) is 0 Å². The second-order valence-electron chi connectivity index (χ2n) is 12.2. The van der Waals surface area contributed by atoms with Crippen LogP contribution < -0.4 is 0 Å². The number of carbonyl (C=O) groups is 1. The molecule has 2 unspecified atom stereocenters. The number of nitrogens with zero attached hydrogens (tertiary/aromatic N) is 2. The van der Waals surface area contributed by atoms with Crippen LogP contribution in [0.3, 0.4) is 0 Å². The number of benzene rings is 4. The van der Waals surface area contributed by atoms with Crippen molar-refractivity contribution in [3.8, 4) is 10.1 Å². The molecule has 0 aliphatic rings. The first-order valence-corrected chi connectivity index (χ1v) is 17.8. The van der Waals surface area contributed by atoms with Crippen LogP contribution in [0.25, 0.3) is 52.2 Å². The zero-order valence-corrected chi connectivity index (χ0v) is 32.0. The van der Waals surface area contributed by atoms with Crippen LogP contribution in [0.15, 0.2) is 84.9 Å². The molecule has 283 valence electrons. The van der Waals surface area contributed by atoms with Gasteiger partial charge in [-0.3, -0.25) is 4.79 Å². The first-order chi connectivity index (χ1) is 24.4. The summed E-state index contributed by atoms with van der Waals surface area (Å²) in [6.07, 6.45) is -14.7. The molecule has 0 saturated carbocycles. The van der Waals surface area contributed by atoms with Crippen LogP contribution in [0.1, 0.15) is 45.1 Å². The summed E-state index contributed by atoms with van der Waals surface area (Å²) in [4.78, 5) is 20.1. The van der Waals surface area contributed by atoms with Gasteiger partial charge in [0.15, 0.2) is 5.78 Å². The third kappa shape index (κ3) is 10.3. The quantitative estimate of drug-likeness (QED) is 0.0412. The number of allylic oxidation sites excluding steroid dienone is 2. The van der Waals surface area contributed by atoms with Gasteiger partial charge < -0.3 is 5.11 Å². The molecule has 53 heavy (non-hydrogen) atoms. The normalized spacial score (nSPS) is 13.8. The Morgan fingerprint density at radius 1 is 0.792 bits per heavy atom. The summed E-state index contributed by atoms with van der Waals surface area (Å²) >= 11 is -0.106. The predicted molar refractivity (Wildman–Crippen MR) is 183 cm³/mol.